The lowest BCUT2D eigenvalue weighted by Crippen LogP contribution is -2.13. The first kappa shape index (κ1) is 23.2. The van der Waals surface area contributed by atoms with E-state index in [1.165, 1.54) is 18.2 Å². The molecule has 6 heteroatoms. The van der Waals surface area contributed by atoms with Crippen LogP contribution in [0, 0.1) is 24.1 Å². The molecule has 3 rings (SSSR count). The second kappa shape index (κ2) is 10.7. The van der Waals surface area contributed by atoms with Crippen LogP contribution in [0.2, 0.25) is 0 Å². The number of nitriles is 1. The van der Waals surface area contributed by atoms with Gasteiger partial charge in [-0.25, -0.2) is 4.39 Å². The maximum atomic E-state index is 13.6. The van der Waals surface area contributed by atoms with Crippen LogP contribution in [-0.4, -0.2) is 12.5 Å². The van der Waals surface area contributed by atoms with Crippen LogP contribution in [0.1, 0.15) is 29.2 Å². The Kier molecular flexibility index (Phi) is 7.80. The normalized spacial score (nSPS) is 11.0. The Balaban J connectivity index is 1.90. The first-order valence-electron chi connectivity index (χ1n) is 10.1. The summed E-state index contributed by atoms with van der Waals surface area (Å²) in [5, 5.41) is 12.3. The van der Waals surface area contributed by atoms with Gasteiger partial charge in [0.15, 0.2) is 0 Å². The smallest absolute Gasteiger partial charge is 0.266 e. The van der Waals surface area contributed by atoms with Gasteiger partial charge in [-0.3, -0.25) is 4.79 Å². The van der Waals surface area contributed by atoms with Gasteiger partial charge in [0.2, 0.25) is 0 Å². The fraction of sp³-hybridized carbons (Fsp3) is 0.154. The van der Waals surface area contributed by atoms with Crippen LogP contribution >= 0.6 is 15.9 Å². The summed E-state index contributed by atoms with van der Waals surface area (Å²) in [6.07, 6.45) is 1.99. The molecule has 0 aliphatic carbocycles. The SMILES string of the molecule is CCOc1cc(/C=C(\C#N)C(=O)Nc2ccc(C)cc2)cc(Br)c1Cc1cccc(F)c1. The number of rotatable bonds is 7. The third-order valence-corrected chi connectivity index (χ3v) is 5.44. The van der Waals surface area contributed by atoms with E-state index in [2.05, 4.69) is 21.2 Å². The average Bonchev–Trinajstić information content (AvgIpc) is 2.76. The molecule has 162 valence electrons. The average molecular weight is 493 g/mol. The van der Waals surface area contributed by atoms with Crippen molar-refractivity contribution in [3.05, 3.63) is 98.8 Å². The van der Waals surface area contributed by atoms with Crippen LogP contribution < -0.4 is 10.1 Å². The Hall–Kier alpha value is -3.43. The molecule has 1 N–H and O–H groups in total. The van der Waals surface area contributed by atoms with Crippen molar-refractivity contribution in [1.29, 1.82) is 5.26 Å². The fourth-order valence-electron chi connectivity index (χ4n) is 3.17. The molecule has 3 aromatic carbocycles. The van der Waals surface area contributed by atoms with Crippen LogP contribution in [0.15, 0.2) is 70.7 Å². The molecule has 0 atom stereocenters. The molecule has 0 saturated heterocycles. The number of carbonyl (C=O) groups is 1. The van der Waals surface area contributed by atoms with Gasteiger partial charge >= 0.3 is 0 Å². The maximum absolute atomic E-state index is 13.6. The molecule has 0 radical (unpaired) electrons. The number of halogens is 2. The number of nitrogens with zero attached hydrogens (tertiary/aromatic N) is 1. The summed E-state index contributed by atoms with van der Waals surface area (Å²) in [6, 6.07) is 19.3. The van der Waals surface area contributed by atoms with E-state index in [-0.39, 0.29) is 11.4 Å². The standard InChI is InChI=1S/C26H22BrFN2O2/c1-3-32-25-15-19(14-24(27)23(25)13-18-5-4-6-21(28)12-18)11-20(16-29)26(31)30-22-9-7-17(2)8-10-22/h4-12,14-15H,3,13H2,1-2H3,(H,30,31)/b20-11+. The molecule has 0 aliphatic heterocycles. The van der Waals surface area contributed by atoms with E-state index in [1.807, 2.05) is 44.2 Å². The van der Waals surface area contributed by atoms with Gasteiger partial charge in [0.25, 0.3) is 5.91 Å². The van der Waals surface area contributed by atoms with E-state index >= 15 is 0 Å². The summed E-state index contributed by atoms with van der Waals surface area (Å²) in [4.78, 5) is 12.6. The number of aryl methyl sites for hydroxylation is 1. The summed E-state index contributed by atoms with van der Waals surface area (Å²) in [7, 11) is 0. The van der Waals surface area contributed by atoms with Crippen LogP contribution in [0.3, 0.4) is 0 Å². The summed E-state index contributed by atoms with van der Waals surface area (Å²) >= 11 is 3.57. The van der Waals surface area contributed by atoms with Gasteiger partial charge in [0.1, 0.15) is 23.2 Å². The first-order valence-corrected chi connectivity index (χ1v) is 10.9. The zero-order valence-electron chi connectivity index (χ0n) is 17.8. The minimum absolute atomic E-state index is 0.0298. The minimum atomic E-state index is -0.491. The molecule has 0 bridgehead atoms. The monoisotopic (exact) mass is 492 g/mol. The molecule has 0 spiro atoms. The number of ether oxygens (including phenoxy) is 1. The number of nitrogens with one attached hydrogen (secondary N) is 1. The largest absolute Gasteiger partial charge is 0.494 e. The Morgan fingerprint density at radius 3 is 2.59 bits per heavy atom. The maximum Gasteiger partial charge on any atom is 0.266 e. The van der Waals surface area contributed by atoms with Crippen LogP contribution in [-0.2, 0) is 11.2 Å². The number of carbonyl (C=O) groups excluding carboxylic acids is 1. The highest BCUT2D eigenvalue weighted by Crippen LogP contribution is 2.32. The van der Waals surface area contributed by atoms with Crippen LogP contribution in [0.4, 0.5) is 10.1 Å². The molecule has 3 aromatic rings. The lowest BCUT2D eigenvalue weighted by Gasteiger charge is -2.14. The Morgan fingerprint density at radius 2 is 1.94 bits per heavy atom. The molecular formula is C26H22BrFN2O2. The molecular weight excluding hydrogens is 471 g/mol. The summed E-state index contributed by atoms with van der Waals surface area (Å²) in [6.45, 7) is 4.27. The topological polar surface area (TPSA) is 62.1 Å². The number of hydrogen-bond donors (Lipinski definition) is 1. The molecule has 0 heterocycles. The fourth-order valence-corrected chi connectivity index (χ4v) is 3.77. The zero-order chi connectivity index (χ0) is 23.1. The zero-order valence-corrected chi connectivity index (χ0v) is 19.4. The van der Waals surface area contributed by atoms with Gasteiger partial charge in [0.05, 0.1) is 6.61 Å². The highest BCUT2D eigenvalue weighted by atomic mass is 79.9. The molecule has 0 aromatic heterocycles. The van der Waals surface area contributed by atoms with Crippen LogP contribution in [0.25, 0.3) is 6.08 Å². The molecule has 4 nitrogen and oxygen atoms in total. The van der Waals surface area contributed by atoms with Gasteiger partial charge < -0.3 is 10.1 Å². The van der Waals surface area contributed by atoms with Crippen molar-refractivity contribution in [2.75, 3.05) is 11.9 Å². The highest BCUT2D eigenvalue weighted by molar-refractivity contribution is 9.10. The number of anilines is 1. The summed E-state index contributed by atoms with van der Waals surface area (Å²) < 4.78 is 20.2. The van der Waals surface area contributed by atoms with E-state index in [0.717, 1.165) is 21.2 Å². The minimum Gasteiger partial charge on any atom is -0.494 e. The predicted octanol–water partition coefficient (Wildman–Crippen LogP) is 6.43. The molecule has 1 amide bonds. The molecule has 0 fully saturated rings. The van der Waals surface area contributed by atoms with E-state index in [9.17, 15) is 14.4 Å². The Morgan fingerprint density at radius 1 is 1.19 bits per heavy atom. The van der Waals surface area contributed by atoms with Gasteiger partial charge in [-0.15, -0.1) is 0 Å². The van der Waals surface area contributed by atoms with Gasteiger partial charge in [0, 0.05) is 22.1 Å². The first-order chi connectivity index (χ1) is 15.4. The van der Waals surface area contributed by atoms with E-state index in [1.54, 1.807) is 24.3 Å². The van der Waals surface area contributed by atoms with Crippen molar-refractivity contribution in [2.24, 2.45) is 0 Å². The van der Waals surface area contributed by atoms with Crippen molar-refractivity contribution < 1.29 is 13.9 Å². The second-order valence-corrected chi connectivity index (χ2v) is 8.06. The predicted molar refractivity (Wildman–Crippen MR) is 128 cm³/mol. The van der Waals surface area contributed by atoms with Crippen LogP contribution in [0.5, 0.6) is 5.75 Å². The van der Waals surface area contributed by atoms with E-state index < -0.39 is 5.91 Å². The summed E-state index contributed by atoms with van der Waals surface area (Å²) in [5.74, 6) is -0.183. The van der Waals surface area contributed by atoms with E-state index in [4.69, 9.17) is 4.74 Å². The highest BCUT2D eigenvalue weighted by Gasteiger charge is 2.14. The van der Waals surface area contributed by atoms with Crippen molar-refractivity contribution in [3.63, 3.8) is 0 Å². The van der Waals surface area contributed by atoms with Crippen molar-refractivity contribution in [2.45, 2.75) is 20.3 Å². The number of benzene rings is 3. The lowest BCUT2D eigenvalue weighted by atomic mass is 10.0. The molecule has 0 unspecified atom stereocenters. The second-order valence-electron chi connectivity index (χ2n) is 7.21. The quantitative estimate of drug-likeness (QED) is 0.305. The van der Waals surface area contributed by atoms with Gasteiger partial charge in [-0.2, -0.15) is 5.26 Å². The van der Waals surface area contributed by atoms with Gasteiger partial charge in [-0.1, -0.05) is 45.8 Å². The molecule has 32 heavy (non-hydrogen) atoms. The third kappa shape index (κ3) is 6.05. The third-order valence-electron chi connectivity index (χ3n) is 4.73. The molecule has 0 aliphatic rings. The molecule has 0 saturated carbocycles. The lowest BCUT2D eigenvalue weighted by molar-refractivity contribution is -0.112. The van der Waals surface area contributed by atoms with Crippen molar-refractivity contribution >= 4 is 33.6 Å². The van der Waals surface area contributed by atoms with Crippen molar-refractivity contribution in [3.8, 4) is 11.8 Å². The Bertz CT molecular complexity index is 1200. The number of hydrogen-bond acceptors (Lipinski definition) is 3. The van der Waals surface area contributed by atoms with Crippen molar-refractivity contribution in [1.82, 2.24) is 0 Å². The van der Waals surface area contributed by atoms with Gasteiger partial charge in [-0.05, 0) is 67.4 Å². The number of amides is 1. The Labute approximate surface area is 195 Å². The van der Waals surface area contributed by atoms with E-state index in [0.29, 0.717) is 30.0 Å². The summed E-state index contributed by atoms with van der Waals surface area (Å²) in [5.41, 5.74) is 3.97.